The molecule has 1 N–H and O–H groups in total. The first kappa shape index (κ1) is 9.41. The Bertz CT molecular complexity index is 311. The predicted octanol–water partition coefficient (Wildman–Crippen LogP) is 0.721. The van der Waals surface area contributed by atoms with Crippen molar-refractivity contribution in [2.45, 2.75) is 6.42 Å². The topological polar surface area (TPSA) is 55.0 Å². The summed E-state index contributed by atoms with van der Waals surface area (Å²) >= 11 is 3.15. The van der Waals surface area contributed by atoms with Crippen molar-refractivity contribution in [3.05, 3.63) is 26.8 Å². The van der Waals surface area contributed by atoms with Crippen LogP contribution in [0.2, 0.25) is 0 Å². The van der Waals surface area contributed by atoms with Crippen LogP contribution in [0.5, 0.6) is 0 Å². The van der Waals surface area contributed by atoms with Gasteiger partial charge in [0.25, 0.3) is 5.56 Å². The fourth-order valence-electron chi connectivity index (χ4n) is 0.793. The van der Waals surface area contributed by atoms with Crippen LogP contribution < -0.4 is 5.56 Å². The molecule has 0 saturated heterocycles. The fraction of sp³-hybridized carbons (Fsp3) is 0.429. The smallest absolute Gasteiger partial charge is 0.265 e. The number of hydrogen-bond donors (Lipinski definition) is 1. The van der Waals surface area contributed by atoms with Crippen LogP contribution in [0.4, 0.5) is 0 Å². The Morgan fingerprint density at radius 2 is 2.50 bits per heavy atom. The van der Waals surface area contributed by atoms with E-state index >= 15 is 0 Å². The number of hydrogen-bond acceptors (Lipinski definition) is 3. The molecule has 0 unspecified atom stereocenters. The van der Waals surface area contributed by atoms with Crippen molar-refractivity contribution in [1.29, 1.82) is 0 Å². The number of aromatic nitrogens is 2. The lowest BCUT2D eigenvalue weighted by molar-refractivity contribution is 0.201. The van der Waals surface area contributed by atoms with E-state index in [4.69, 9.17) is 4.74 Å². The van der Waals surface area contributed by atoms with Crippen molar-refractivity contribution in [3.8, 4) is 0 Å². The minimum absolute atomic E-state index is 0.156. The average molecular weight is 233 g/mol. The third-order valence-electron chi connectivity index (χ3n) is 1.41. The maximum Gasteiger partial charge on any atom is 0.265 e. The van der Waals surface area contributed by atoms with Gasteiger partial charge in [-0.3, -0.25) is 4.79 Å². The van der Waals surface area contributed by atoms with E-state index in [1.165, 1.54) is 6.33 Å². The number of nitrogens with one attached hydrogen (secondary N) is 1. The minimum Gasteiger partial charge on any atom is -0.384 e. The zero-order chi connectivity index (χ0) is 8.97. The largest absolute Gasteiger partial charge is 0.384 e. The second kappa shape index (κ2) is 4.37. The molecular weight excluding hydrogens is 224 g/mol. The van der Waals surface area contributed by atoms with Crippen LogP contribution in [0.1, 0.15) is 5.69 Å². The van der Waals surface area contributed by atoms with Gasteiger partial charge in [0.15, 0.2) is 0 Å². The molecule has 1 heterocycles. The molecule has 12 heavy (non-hydrogen) atoms. The van der Waals surface area contributed by atoms with Gasteiger partial charge in [0.2, 0.25) is 0 Å². The van der Waals surface area contributed by atoms with E-state index in [-0.39, 0.29) is 5.56 Å². The van der Waals surface area contributed by atoms with Gasteiger partial charge in [-0.1, -0.05) is 0 Å². The molecule has 0 atom stereocenters. The third kappa shape index (κ3) is 2.15. The van der Waals surface area contributed by atoms with Gasteiger partial charge in [-0.15, -0.1) is 0 Å². The molecule has 0 amide bonds. The van der Waals surface area contributed by atoms with Gasteiger partial charge in [-0.2, -0.15) is 0 Å². The Kier molecular flexibility index (Phi) is 3.43. The molecule has 4 nitrogen and oxygen atoms in total. The van der Waals surface area contributed by atoms with Crippen molar-refractivity contribution in [1.82, 2.24) is 9.97 Å². The third-order valence-corrected chi connectivity index (χ3v) is 2.23. The highest BCUT2D eigenvalue weighted by atomic mass is 79.9. The van der Waals surface area contributed by atoms with E-state index in [1.807, 2.05) is 0 Å². The van der Waals surface area contributed by atoms with Gasteiger partial charge in [0, 0.05) is 13.5 Å². The van der Waals surface area contributed by atoms with Gasteiger partial charge in [0.05, 0.1) is 18.6 Å². The van der Waals surface area contributed by atoms with Crippen LogP contribution in [0.15, 0.2) is 15.6 Å². The molecule has 0 fully saturated rings. The van der Waals surface area contributed by atoms with Gasteiger partial charge in [-0.05, 0) is 15.9 Å². The lowest BCUT2D eigenvalue weighted by atomic mass is 10.3. The number of aromatic amines is 1. The zero-order valence-corrected chi connectivity index (χ0v) is 8.22. The molecule has 66 valence electrons. The molecule has 0 saturated carbocycles. The molecule has 0 spiro atoms. The standard InChI is InChI=1S/C7H9BrN2O2/c1-12-3-2-5-6(8)7(11)10-4-9-5/h4H,2-3H2,1H3,(H,9,10,11). The number of ether oxygens (including phenoxy) is 1. The van der Waals surface area contributed by atoms with Gasteiger partial charge < -0.3 is 9.72 Å². The molecule has 0 radical (unpaired) electrons. The summed E-state index contributed by atoms with van der Waals surface area (Å²) in [4.78, 5) is 17.5. The monoisotopic (exact) mass is 232 g/mol. The first-order chi connectivity index (χ1) is 5.75. The van der Waals surface area contributed by atoms with Crippen molar-refractivity contribution >= 4 is 15.9 Å². The molecule has 1 aromatic rings. The van der Waals surface area contributed by atoms with E-state index in [0.29, 0.717) is 17.5 Å². The van der Waals surface area contributed by atoms with Crippen molar-refractivity contribution in [2.75, 3.05) is 13.7 Å². The minimum atomic E-state index is -0.156. The maximum absolute atomic E-state index is 11.0. The van der Waals surface area contributed by atoms with E-state index in [9.17, 15) is 4.79 Å². The van der Waals surface area contributed by atoms with Crippen molar-refractivity contribution in [3.63, 3.8) is 0 Å². The number of rotatable bonds is 3. The molecule has 0 aliphatic carbocycles. The highest BCUT2D eigenvalue weighted by molar-refractivity contribution is 9.10. The average Bonchev–Trinajstić information content (AvgIpc) is 2.08. The summed E-state index contributed by atoms with van der Waals surface area (Å²) in [7, 11) is 1.61. The van der Waals surface area contributed by atoms with Gasteiger partial charge >= 0.3 is 0 Å². The Morgan fingerprint density at radius 3 is 3.17 bits per heavy atom. The van der Waals surface area contributed by atoms with Crippen LogP contribution in [0.25, 0.3) is 0 Å². The van der Waals surface area contributed by atoms with E-state index in [0.717, 1.165) is 5.69 Å². The van der Waals surface area contributed by atoms with Crippen LogP contribution in [0, 0.1) is 0 Å². The van der Waals surface area contributed by atoms with E-state index in [1.54, 1.807) is 7.11 Å². The SMILES string of the molecule is COCCc1nc[nH]c(=O)c1Br. The second-order valence-electron chi connectivity index (χ2n) is 2.24. The maximum atomic E-state index is 11.0. The molecule has 1 rings (SSSR count). The number of halogens is 1. The highest BCUT2D eigenvalue weighted by Crippen LogP contribution is 2.07. The summed E-state index contributed by atoms with van der Waals surface area (Å²) in [6.45, 7) is 0.565. The van der Waals surface area contributed by atoms with Crippen molar-refractivity contribution in [2.24, 2.45) is 0 Å². The molecule has 0 aromatic carbocycles. The lowest BCUT2D eigenvalue weighted by Crippen LogP contribution is -2.11. The number of methoxy groups -OCH3 is 1. The first-order valence-electron chi connectivity index (χ1n) is 3.46. The summed E-state index contributed by atoms with van der Waals surface area (Å²) in [6, 6.07) is 0. The number of nitrogens with zero attached hydrogens (tertiary/aromatic N) is 1. The molecule has 1 aromatic heterocycles. The number of H-pyrrole nitrogens is 1. The summed E-state index contributed by atoms with van der Waals surface area (Å²) in [5.41, 5.74) is 0.566. The first-order valence-corrected chi connectivity index (χ1v) is 4.26. The zero-order valence-electron chi connectivity index (χ0n) is 6.63. The quantitative estimate of drug-likeness (QED) is 0.836. The summed E-state index contributed by atoms with van der Waals surface area (Å²) < 4.78 is 5.36. The molecule has 0 bridgehead atoms. The van der Waals surface area contributed by atoms with E-state index in [2.05, 4.69) is 25.9 Å². The van der Waals surface area contributed by atoms with Crippen LogP contribution in [-0.4, -0.2) is 23.7 Å². The lowest BCUT2D eigenvalue weighted by Gasteiger charge is -1.99. The normalized spacial score (nSPS) is 10.2. The second-order valence-corrected chi connectivity index (χ2v) is 3.03. The van der Waals surface area contributed by atoms with Crippen LogP contribution in [0.3, 0.4) is 0 Å². The van der Waals surface area contributed by atoms with Crippen LogP contribution >= 0.6 is 15.9 Å². The molecule has 0 aliphatic rings. The van der Waals surface area contributed by atoms with Gasteiger partial charge in [0.1, 0.15) is 4.47 Å². The fourth-order valence-corrected chi connectivity index (χ4v) is 1.21. The summed E-state index contributed by atoms with van der Waals surface area (Å²) in [5, 5.41) is 0. The Labute approximate surface area is 78.1 Å². The molecular formula is C7H9BrN2O2. The van der Waals surface area contributed by atoms with E-state index < -0.39 is 0 Å². The highest BCUT2D eigenvalue weighted by Gasteiger charge is 2.03. The van der Waals surface area contributed by atoms with Crippen molar-refractivity contribution < 1.29 is 4.74 Å². The summed E-state index contributed by atoms with van der Waals surface area (Å²) in [6.07, 6.45) is 2.03. The van der Waals surface area contributed by atoms with Gasteiger partial charge in [-0.25, -0.2) is 4.98 Å². The Balaban J connectivity index is 2.85. The molecule has 0 aliphatic heterocycles. The molecule has 5 heteroatoms. The predicted molar refractivity (Wildman–Crippen MR) is 48.1 cm³/mol. The van der Waals surface area contributed by atoms with Crippen LogP contribution in [-0.2, 0) is 11.2 Å². The summed E-state index contributed by atoms with van der Waals surface area (Å²) in [5.74, 6) is 0. The Morgan fingerprint density at radius 1 is 1.75 bits per heavy atom. The Hall–Kier alpha value is -0.680.